The first kappa shape index (κ1) is 13.5. The topological polar surface area (TPSA) is 34.1 Å². The summed E-state index contributed by atoms with van der Waals surface area (Å²) in [4.78, 5) is 20.8. The van der Waals surface area contributed by atoms with Crippen LogP contribution in [0.15, 0.2) is 36.4 Å². The molecule has 17 heavy (non-hydrogen) atoms. The van der Waals surface area contributed by atoms with E-state index >= 15 is 0 Å². The lowest BCUT2D eigenvalue weighted by Crippen LogP contribution is -1.81. The fraction of sp³-hybridized carbons (Fsp3) is 0.143. The number of thioether (sulfide) groups is 1. The van der Waals surface area contributed by atoms with Crippen molar-refractivity contribution in [2.45, 2.75) is 6.92 Å². The van der Waals surface area contributed by atoms with Gasteiger partial charge in [-0.15, -0.1) is 0 Å². The molecule has 0 saturated heterocycles. The normalized spacial score (nSPS) is 11.1. The van der Waals surface area contributed by atoms with E-state index in [1.165, 1.54) is 17.8 Å². The minimum absolute atomic E-state index is 0.129. The molecule has 0 unspecified atom stereocenters. The van der Waals surface area contributed by atoms with Gasteiger partial charge in [-0.1, -0.05) is 54.3 Å². The Morgan fingerprint density at radius 1 is 1.18 bits per heavy atom. The molecule has 0 aliphatic carbocycles. The fourth-order valence-electron chi connectivity index (χ4n) is 1.22. The van der Waals surface area contributed by atoms with Crippen molar-refractivity contribution in [2.75, 3.05) is 5.75 Å². The van der Waals surface area contributed by atoms with Gasteiger partial charge >= 0.3 is 0 Å². The van der Waals surface area contributed by atoms with E-state index < -0.39 is 0 Å². The smallest absolute Gasteiger partial charge is 0.186 e. The number of benzene rings is 1. The molecule has 0 fully saturated rings. The number of hydrogen-bond acceptors (Lipinski definition) is 3. The third-order valence-electron chi connectivity index (χ3n) is 2.00. The molecule has 0 aliphatic heterocycles. The highest BCUT2D eigenvalue weighted by Crippen LogP contribution is 2.09. The van der Waals surface area contributed by atoms with E-state index in [-0.39, 0.29) is 5.12 Å². The van der Waals surface area contributed by atoms with E-state index in [4.69, 9.17) is 0 Å². The van der Waals surface area contributed by atoms with Gasteiger partial charge in [-0.3, -0.25) is 9.59 Å². The van der Waals surface area contributed by atoms with Crippen molar-refractivity contribution in [3.8, 4) is 0 Å². The molecular formula is C14H14O2S. The molecular weight excluding hydrogens is 232 g/mol. The van der Waals surface area contributed by atoms with E-state index in [0.29, 0.717) is 5.75 Å². The standard InChI is InChI=1S/C14H14O2S/c1-12(16)17-11-3-5-14-8-6-13(7-9-14)4-2-10-15/h2-10H,11H2,1H3/b4-2+,5-3?. The second-order valence-electron chi connectivity index (χ2n) is 3.37. The molecule has 0 radical (unpaired) electrons. The van der Waals surface area contributed by atoms with Crippen molar-refractivity contribution in [3.63, 3.8) is 0 Å². The molecule has 1 rings (SSSR count). The quantitative estimate of drug-likeness (QED) is 0.591. The van der Waals surface area contributed by atoms with Crippen LogP contribution in [0.3, 0.4) is 0 Å². The molecule has 0 saturated carbocycles. The number of carbonyl (C=O) groups excluding carboxylic acids is 2. The zero-order chi connectivity index (χ0) is 12.5. The Morgan fingerprint density at radius 2 is 1.76 bits per heavy atom. The minimum atomic E-state index is 0.129. The molecule has 88 valence electrons. The van der Waals surface area contributed by atoms with Gasteiger partial charge in [-0.25, -0.2) is 0 Å². The van der Waals surface area contributed by atoms with Gasteiger partial charge in [-0.2, -0.15) is 0 Å². The highest BCUT2D eigenvalue weighted by atomic mass is 32.2. The highest BCUT2D eigenvalue weighted by molar-refractivity contribution is 8.13. The third-order valence-corrected chi connectivity index (χ3v) is 2.76. The van der Waals surface area contributed by atoms with Crippen LogP contribution in [-0.2, 0) is 9.59 Å². The Hall–Kier alpha value is -1.61. The SMILES string of the molecule is CC(=O)SCC=Cc1ccc(/C=C/C=O)cc1. The maximum absolute atomic E-state index is 10.7. The predicted molar refractivity (Wildman–Crippen MR) is 73.7 cm³/mol. The number of carbonyl (C=O) groups is 2. The lowest BCUT2D eigenvalue weighted by atomic mass is 10.1. The molecule has 1 aromatic rings. The molecule has 0 N–H and O–H groups in total. The van der Waals surface area contributed by atoms with Crippen LogP contribution in [0, 0.1) is 0 Å². The Bertz CT molecular complexity index is 430. The van der Waals surface area contributed by atoms with Crippen molar-refractivity contribution in [3.05, 3.63) is 47.5 Å². The van der Waals surface area contributed by atoms with Crippen LogP contribution in [0.25, 0.3) is 12.2 Å². The fourth-order valence-corrected chi connectivity index (χ4v) is 1.65. The first-order valence-electron chi connectivity index (χ1n) is 5.24. The van der Waals surface area contributed by atoms with Gasteiger partial charge < -0.3 is 0 Å². The molecule has 3 heteroatoms. The van der Waals surface area contributed by atoms with E-state index in [0.717, 1.165) is 17.4 Å². The minimum Gasteiger partial charge on any atom is -0.299 e. The van der Waals surface area contributed by atoms with Crippen LogP contribution < -0.4 is 0 Å². The molecule has 0 aromatic heterocycles. The molecule has 0 atom stereocenters. The highest BCUT2D eigenvalue weighted by Gasteiger charge is 1.90. The van der Waals surface area contributed by atoms with Gasteiger partial charge in [0.2, 0.25) is 0 Å². The monoisotopic (exact) mass is 246 g/mol. The van der Waals surface area contributed by atoms with Crippen molar-refractivity contribution in [1.29, 1.82) is 0 Å². The van der Waals surface area contributed by atoms with E-state index in [2.05, 4.69) is 0 Å². The predicted octanol–water partition coefficient (Wildman–Crippen LogP) is 3.19. The molecule has 0 aliphatic rings. The van der Waals surface area contributed by atoms with Crippen molar-refractivity contribution < 1.29 is 9.59 Å². The second-order valence-corrected chi connectivity index (χ2v) is 4.56. The molecule has 0 amide bonds. The van der Waals surface area contributed by atoms with E-state index in [9.17, 15) is 9.59 Å². The van der Waals surface area contributed by atoms with Gasteiger partial charge in [-0.05, 0) is 17.2 Å². The number of rotatable bonds is 5. The Balaban J connectivity index is 2.53. The first-order valence-corrected chi connectivity index (χ1v) is 6.23. The van der Waals surface area contributed by atoms with Crippen molar-refractivity contribution in [1.82, 2.24) is 0 Å². The van der Waals surface area contributed by atoms with Crippen LogP contribution in [0.5, 0.6) is 0 Å². The molecule has 0 bridgehead atoms. The van der Waals surface area contributed by atoms with Gasteiger partial charge in [0.1, 0.15) is 6.29 Å². The summed E-state index contributed by atoms with van der Waals surface area (Å²) in [6, 6.07) is 7.83. The van der Waals surface area contributed by atoms with Gasteiger partial charge in [0.25, 0.3) is 0 Å². The Morgan fingerprint density at radius 3 is 2.29 bits per heavy atom. The number of allylic oxidation sites excluding steroid dienone is 1. The maximum Gasteiger partial charge on any atom is 0.186 e. The van der Waals surface area contributed by atoms with Crippen LogP contribution in [0.2, 0.25) is 0 Å². The summed E-state index contributed by atoms with van der Waals surface area (Å²) in [5.74, 6) is 0.697. The van der Waals surface area contributed by atoms with Gasteiger partial charge in [0, 0.05) is 12.7 Å². The van der Waals surface area contributed by atoms with Crippen LogP contribution in [0.4, 0.5) is 0 Å². The van der Waals surface area contributed by atoms with Crippen molar-refractivity contribution in [2.24, 2.45) is 0 Å². The Labute approximate surface area is 105 Å². The summed E-state index contributed by atoms with van der Waals surface area (Å²) in [6.07, 6.45) is 7.92. The van der Waals surface area contributed by atoms with Crippen LogP contribution in [-0.4, -0.2) is 17.2 Å². The average molecular weight is 246 g/mol. The zero-order valence-electron chi connectivity index (χ0n) is 9.63. The second kappa shape index (κ2) is 7.63. The summed E-state index contributed by atoms with van der Waals surface area (Å²) < 4.78 is 0. The molecule has 0 spiro atoms. The summed E-state index contributed by atoms with van der Waals surface area (Å²) in [5, 5.41) is 0.129. The average Bonchev–Trinajstić information content (AvgIpc) is 2.33. The zero-order valence-corrected chi connectivity index (χ0v) is 10.4. The number of aldehydes is 1. The van der Waals surface area contributed by atoms with E-state index in [1.54, 1.807) is 13.0 Å². The van der Waals surface area contributed by atoms with Crippen LogP contribution >= 0.6 is 11.8 Å². The largest absolute Gasteiger partial charge is 0.299 e. The number of hydrogen-bond donors (Lipinski definition) is 0. The Kier molecular flexibility index (Phi) is 6.04. The van der Waals surface area contributed by atoms with Crippen LogP contribution in [0.1, 0.15) is 18.1 Å². The lowest BCUT2D eigenvalue weighted by Gasteiger charge is -1.95. The van der Waals surface area contributed by atoms with Crippen molar-refractivity contribution >= 4 is 35.3 Å². The summed E-state index contributed by atoms with van der Waals surface area (Å²) in [7, 11) is 0. The maximum atomic E-state index is 10.7. The third kappa shape index (κ3) is 5.88. The first-order chi connectivity index (χ1) is 8.22. The van der Waals surface area contributed by atoms with Gasteiger partial charge in [0.15, 0.2) is 5.12 Å². The lowest BCUT2D eigenvalue weighted by molar-refractivity contribution is -0.109. The summed E-state index contributed by atoms with van der Waals surface area (Å²) in [5.41, 5.74) is 2.07. The summed E-state index contributed by atoms with van der Waals surface area (Å²) in [6.45, 7) is 1.56. The molecule has 0 heterocycles. The van der Waals surface area contributed by atoms with E-state index in [1.807, 2.05) is 36.4 Å². The summed E-state index contributed by atoms with van der Waals surface area (Å²) >= 11 is 1.29. The molecule has 2 nitrogen and oxygen atoms in total. The van der Waals surface area contributed by atoms with Gasteiger partial charge in [0.05, 0.1) is 0 Å². The molecule has 1 aromatic carbocycles.